The van der Waals surface area contributed by atoms with Gasteiger partial charge in [0.25, 0.3) is 0 Å². The highest BCUT2D eigenvalue weighted by molar-refractivity contribution is 5.69. The second kappa shape index (κ2) is 5.20. The molecule has 4 rings (SSSR count). The van der Waals surface area contributed by atoms with Crippen LogP contribution in [0.15, 0.2) is 0 Å². The molecule has 1 N–H and O–H groups in total. The molecule has 102 valence electrons. The summed E-state index contributed by atoms with van der Waals surface area (Å²) in [5.74, 6) is 3.77. The minimum absolute atomic E-state index is 0.0613. The molecule has 0 aliphatic heterocycles. The van der Waals surface area contributed by atoms with Gasteiger partial charge in [0.1, 0.15) is 0 Å². The Balaban J connectivity index is 1.47. The second-order valence-electron chi connectivity index (χ2n) is 6.47. The van der Waals surface area contributed by atoms with Crippen LogP contribution in [-0.4, -0.2) is 25.2 Å². The van der Waals surface area contributed by atoms with Gasteiger partial charge in [-0.1, -0.05) is 0 Å². The van der Waals surface area contributed by atoms with Gasteiger partial charge < -0.3 is 10.1 Å². The van der Waals surface area contributed by atoms with Crippen LogP contribution in [0.5, 0.6) is 0 Å². The fourth-order valence-corrected chi connectivity index (χ4v) is 4.83. The highest BCUT2D eigenvalue weighted by atomic mass is 16.5. The van der Waals surface area contributed by atoms with Crippen LogP contribution in [0.1, 0.15) is 45.4 Å². The Bertz CT molecular complexity index is 288. The second-order valence-corrected chi connectivity index (χ2v) is 6.47. The van der Waals surface area contributed by atoms with Gasteiger partial charge in [-0.05, 0) is 62.7 Å². The van der Waals surface area contributed by atoms with Crippen molar-refractivity contribution in [3.63, 3.8) is 0 Å². The molecule has 4 saturated carbocycles. The summed E-state index contributed by atoms with van der Waals surface area (Å²) in [5, 5.41) is 3.65. The van der Waals surface area contributed by atoms with Crippen LogP contribution in [0.3, 0.4) is 0 Å². The summed E-state index contributed by atoms with van der Waals surface area (Å²) in [6, 6.07) is 0.687. The van der Waals surface area contributed by atoms with Gasteiger partial charge in [-0.15, -0.1) is 0 Å². The lowest BCUT2D eigenvalue weighted by Crippen LogP contribution is -2.54. The molecule has 3 nitrogen and oxygen atoms in total. The Morgan fingerprint density at radius 3 is 2.28 bits per heavy atom. The zero-order valence-corrected chi connectivity index (χ0v) is 11.4. The van der Waals surface area contributed by atoms with Crippen LogP contribution < -0.4 is 5.32 Å². The highest BCUT2D eigenvalue weighted by Crippen LogP contribution is 2.53. The van der Waals surface area contributed by atoms with Gasteiger partial charge in [-0.3, -0.25) is 4.79 Å². The van der Waals surface area contributed by atoms with Crippen molar-refractivity contribution in [2.24, 2.45) is 23.7 Å². The molecule has 0 atom stereocenters. The maximum Gasteiger partial charge on any atom is 0.307 e. The predicted molar refractivity (Wildman–Crippen MR) is 70.1 cm³/mol. The summed E-state index contributed by atoms with van der Waals surface area (Å²) >= 11 is 0. The van der Waals surface area contributed by atoms with Crippen molar-refractivity contribution in [3.8, 4) is 0 Å². The van der Waals surface area contributed by atoms with E-state index in [1.165, 1.54) is 32.1 Å². The molecule has 18 heavy (non-hydrogen) atoms. The van der Waals surface area contributed by atoms with Crippen molar-refractivity contribution in [1.29, 1.82) is 0 Å². The molecule has 0 spiro atoms. The normalized spacial score (nSPS) is 41.1. The minimum Gasteiger partial charge on any atom is -0.466 e. The molecule has 3 heteroatoms. The van der Waals surface area contributed by atoms with E-state index in [1.54, 1.807) is 0 Å². The first kappa shape index (κ1) is 12.5. The first-order valence-corrected chi connectivity index (χ1v) is 7.65. The van der Waals surface area contributed by atoms with Crippen molar-refractivity contribution in [3.05, 3.63) is 0 Å². The third kappa shape index (κ3) is 2.42. The fraction of sp³-hybridized carbons (Fsp3) is 0.933. The average Bonchev–Trinajstić information content (AvgIpc) is 2.32. The molecule has 4 fully saturated rings. The molecular formula is C15H25NO2. The van der Waals surface area contributed by atoms with E-state index in [4.69, 9.17) is 4.74 Å². The number of carbonyl (C=O) groups excluding carboxylic acids is 1. The fourth-order valence-electron chi connectivity index (χ4n) is 4.83. The first-order chi connectivity index (χ1) is 8.76. The van der Waals surface area contributed by atoms with Crippen molar-refractivity contribution < 1.29 is 9.53 Å². The van der Waals surface area contributed by atoms with E-state index in [0.29, 0.717) is 19.1 Å². The number of hydrogen-bond donors (Lipinski definition) is 1. The van der Waals surface area contributed by atoms with Gasteiger partial charge in [0.05, 0.1) is 13.0 Å². The molecule has 0 heterocycles. The monoisotopic (exact) mass is 251 g/mol. The summed E-state index contributed by atoms with van der Waals surface area (Å²) in [4.78, 5) is 11.3. The molecular weight excluding hydrogens is 226 g/mol. The maximum atomic E-state index is 11.3. The molecule has 0 aromatic carbocycles. The third-order valence-corrected chi connectivity index (χ3v) is 5.24. The van der Waals surface area contributed by atoms with Crippen LogP contribution in [0, 0.1) is 23.7 Å². The quantitative estimate of drug-likeness (QED) is 0.762. The van der Waals surface area contributed by atoms with E-state index in [2.05, 4.69) is 5.32 Å². The lowest BCUT2D eigenvalue weighted by atomic mass is 9.54. The van der Waals surface area contributed by atoms with Gasteiger partial charge in [0.2, 0.25) is 0 Å². The Hall–Kier alpha value is -0.570. The van der Waals surface area contributed by atoms with E-state index in [0.717, 1.165) is 30.2 Å². The van der Waals surface area contributed by atoms with Crippen molar-refractivity contribution in [2.45, 2.75) is 51.5 Å². The zero-order chi connectivity index (χ0) is 12.5. The standard InChI is InChI=1S/C15H25NO2/c1-2-18-14(17)3-4-16-15-12-6-10-5-11(8-12)9-13(15)7-10/h10-13,15-16H,2-9H2,1H3. The maximum absolute atomic E-state index is 11.3. The number of hydrogen-bond acceptors (Lipinski definition) is 3. The Morgan fingerprint density at radius 2 is 1.72 bits per heavy atom. The van der Waals surface area contributed by atoms with Gasteiger partial charge in [0.15, 0.2) is 0 Å². The molecule has 4 aliphatic carbocycles. The number of rotatable bonds is 5. The van der Waals surface area contributed by atoms with Gasteiger partial charge in [-0.2, -0.15) is 0 Å². The van der Waals surface area contributed by atoms with Crippen LogP contribution in [0.4, 0.5) is 0 Å². The van der Waals surface area contributed by atoms with E-state index >= 15 is 0 Å². The number of carbonyl (C=O) groups is 1. The van der Waals surface area contributed by atoms with Gasteiger partial charge >= 0.3 is 5.97 Å². The summed E-state index contributed by atoms with van der Waals surface area (Å²) in [5.41, 5.74) is 0. The number of ether oxygens (including phenoxy) is 1. The van der Waals surface area contributed by atoms with Gasteiger partial charge in [0, 0.05) is 12.6 Å². The minimum atomic E-state index is -0.0613. The molecule has 4 bridgehead atoms. The lowest BCUT2D eigenvalue weighted by Gasteiger charge is -2.54. The van der Waals surface area contributed by atoms with Crippen LogP contribution in [-0.2, 0) is 9.53 Å². The number of nitrogens with one attached hydrogen (secondary N) is 1. The largest absolute Gasteiger partial charge is 0.466 e. The molecule has 4 aliphatic rings. The van der Waals surface area contributed by atoms with Gasteiger partial charge in [-0.25, -0.2) is 0 Å². The molecule has 0 aromatic heterocycles. The van der Waals surface area contributed by atoms with Crippen LogP contribution in [0.25, 0.3) is 0 Å². The highest BCUT2D eigenvalue weighted by Gasteiger charge is 2.47. The van der Waals surface area contributed by atoms with Crippen LogP contribution >= 0.6 is 0 Å². The summed E-state index contributed by atoms with van der Waals surface area (Å²) < 4.78 is 4.97. The average molecular weight is 251 g/mol. The SMILES string of the molecule is CCOC(=O)CCNC1C2CC3CC(C2)CC1C3. The van der Waals surface area contributed by atoms with E-state index in [1.807, 2.05) is 6.92 Å². The topological polar surface area (TPSA) is 38.3 Å². The predicted octanol–water partition coefficient (Wildman–Crippen LogP) is 2.35. The zero-order valence-electron chi connectivity index (χ0n) is 11.4. The van der Waals surface area contributed by atoms with E-state index in [-0.39, 0.29) is 5.97 Å². The van der Waals surface area contributed by atoms with Crippen molar-refractivity contribution in [1.82, 2.24) is 5.32 Å². The molecule has 0 saturated heterocycles. The van der Waals surface area contributed by atoms with E-state index < -0.39 is 0 Å². The first-order valence-electron chi connectivity index (χ1n) is 7.65. The number of esters is 1. The van der Waals surface area contributed by atoms with Crippen molar-refractivity contribution in [2.75, 3.05) is 13.2 Å². The molecule has 0 unspecified atom stereocenters. The smallest absolute Gasteiger partial charge is 0.307 e. The summed E-state index contributed by atoms with van der Waals surface area (Å²) in [7, 11) is 0. The Labute approximate surface area is 110 Å². The van der Waals surface area contributed by atoms with Crippen LogP contribution in [0.2, 0.25) is 0 Å². The third-order valence-electron chi connectivity index (χ3n) is 5.24. The Kier molecular flexibility index (Phi) is 3.60. The molecule has 0 amide bonds. The summed E-state index contributed by atoms with van der Waals surface area (Å²) in [6.45, 7) is 3.16. The molecule has 0 radical (unpaired) electrons. The Morgan fingerprint density at radius 1 is 1.11 bits per heavy atom. The van der Waals surface area contributed by atoms with E-state index in [9.17, 15) is 4.79 Å². The molecule has 0 aromatic rings. The van der Waals surface area contributed by atoms with Crippen molar-refractivity contribution >= 4 is 5.97 Å². The lowest BCUT2D eigenvalue weighted by molar-refractivity contribution is -0.143. The summed E-state index contributed by atoms with van der Waals surface area (Å²) in [6.07, 6.45) is 7.77.